The number of benzene rings is 1. The number of halogens is 2. The maximum absolute atomic E-state index is 11.8. The summed E-state index contributed by atoms with van der Waals surface area (Å²) >= 11 is 0. The molecule has 1 nitrogen and oxygen atoms in total. The SMILES string of the molecule is CCC(C)c1ccc(OC(F)F)cc1. The Morgan fingerprint density at radius 2 is 1.79 bits per heavy atom. The van der Waals surface area contributed by atoms with E-state index in [1.165, 1.54) is 0 Å². The number of ether oxygens (including phenoxy) is 1. The van der Waals surface area contributed by atoms with Gasteiger partial charge in [-0.25, -0.2) is 0 Å². The van der Waals surface area contributed by atoms with Crippen molar-refractivity contribution in [2.24, 2.45) is 0 Å². The Morgan fingerprint density at radius 3 is 2.21 bits per heavy atom. The highest BCUT2D eigenvalue weighted by Crippen LogP contribution is 2.22. The lowest BCUT2D eigenvalue weighted by atomic mass is 9.99. The quantitative estimate of drug-likeness (QED) is 0.718. The van der Waals surface area contributed by atoms with E-state index < -0.39 is 6.61 Å². The van der Waals surface area contributed by atoms with Crippen molar-refractivity contribution in [1.29, 1.82) is 0 Å². The lowest BCUT2D eigenvalue weighted by molar-refractivity contribution is -0.0498. The fourth-order valence-corrected chi connectivity index (χ4v) is 1.21. The topological polar surface area (TPSA) is 9.23 Å². The minimum Gasteiger partial charge on any atom is -0.435 e. The molecule has 0 saturated heterocycles. The van der Waals surface area contributed by atoms with Crippen LogP contribution in [0.4, 0.5) is 8.78 Å². The van der Waals surface area contributed by atoms with Crippen molar-refractivity contribution in [2.75, 3.05) is 0 Å². The van der Waals surface area contributed by atoms with Crippen LogP contribution in [0.3, 0.4) is 0 Å². The summed E-state index contributed by atoms with van der Waals surface area (Å²) in [5, 5.41) is 0. The molecule has 1 aromatic rings. The molecule has 3 heteroatoms. The van der Waals surface area contributed by atoms with Gasteiger partial charge >= 0.3 is 6.61 Å². The number of hydrogen-bond acceptors (Lipinski definition) is 1. The number of alkyl halides is 2. The Morgan fingerprint density at radius 1 is 1.21 bits per heavy atom. The molecule has 0 bridgehead atoms. The second-order valence-electron chi connectivity index (χ2n) is 3.26. The highest BCUT2D eigenvalue weighted by atomic mass is 19.3. The molecule has 0 aliphatic rings. The molecule has 1 aromatic carbocycles. The van der Waals surface area contributed by atoms with E-state index in [0.717, 1.165) is 12.0 Å². The molecule has 1 unspecified atom stereocenters. The first-order chi connectivity index (χ1) is 6.63. The van der Waals surface area contributed by atoms with Crippen LogP contribution in [-0.2, 0) is 0 Å². The molecule has 0 N–H and O–H groups in total. The highest BCUT2D eigenvalue weighted by molar-refractivity contribution is 5.29. The Labute approximate surface area is 82.7 Å². The minimum absolute atomic E-state index is 0.215. The zero-order valence-electron chi connectivity index (χ0n) is 8.34. The van der Waals surface area contributed by atoms with E-state index in [-0.39, 0.29) is 5.75 Å². The largest absolute Gasteiger partial charge is 0.435 e. The van der Waals surface area contributed by atoms with Gasteiger partial charge in [0.25, 0.3) is 0 Å². The molecule has 0 radical (unpaired) electrons. The number of rotatable bonds is 4. The fourth-order valence-electron chi connectivity index (χ4n) is 1.21. The molecule has 0 aliphatic carbocycles. The molecule has 14 heavy (non-hydrogen) atoms. The van der Waals surface area contributed by atoms with Gasteiger partial charge < -0.3 is 4.74 Å². The first-order valence-corrected chi connectivity index (χ1v) is 4.68. The summed E-state index contributed by atoms with van der Waals surface area (Å²) in [6.45, 7) is 1.45. The molecule has 78 valence electrons. The third-order valence-electron chi connectivity index (χ3n) is 2.29. The van der Waals surface area contributed by atoms with Gasteiger partial charge in [0.2, 0.25) is 0 Å². The van der Waals surface area contributed by atoms with Gasteiger partial charge in [0.15, 0.2) is 0 Å². The van der Waals surface area contributed by atoms with Crippen LogP contribution in [0.15, 0.2) is 24.3 Å². The summed E-state index contributed by atoms with van der Waals surface area (Å²) in [7, 11) is 0. The first-order valence-electron chi connectivity index (χ1n) is 4.68. The lowest BCUT2D eigenvalue weighted by Crippen LogP contribution is -2.01. The molecule has 0 saturated carbocycles. The maximum Gasteiger partial charge on any atom is 0.387 e. The third-order valence-corrected chi connectivity index (χ3v) is 2.29. The van der Waals surface area contributed by atoms with E-state index in [4.69, 9.17) is 0 Å². The van der Waals surface area contributed by atoms with Crippen LogP contribution >= 0.6 is 0 Å². The van der Waals surface area contributed by atoms with Crippen molar-refractivity contribution in [3.8, 4) is 5.75 Å². The summed E-state index contributed by atoms with van der Waals surface area (Å²) in [5.74, 6) is 0.669. The first kappa shape index (κ1) is 11.0. The average Bonchev–Trinajstić information content (AvgIpc) is 2.17. The molecular formula is C11H14F2O. The lowest BCUT2D eigenvalue weighted by Gasteiger charge is -2.10. The fraction of sp³-hybridized carbons (Fsp3) is 0.455. The van der Waals surface area contributed by atoms with Crippen LogP contribution in [0.25, 0.3) is 0 Å². The molecule has 1 rings (SSSR count). The van der Waals surface area contributed by atoms with Crippen molar-refractivity contribution < 1.29 is 13.5 Å². The van der Waals surface area contributed by atoms with Crippen LogP contribution in [-0.4, -0.2) is 6.61 Å². The summed E-state index contributed by atoms with van der Waals surface area (Å²) in [6.07, 6.45) is 1.04. The van der Waals surface area contributed by atoms with E-state index in [9.17, 15) is 8.78 Å². The van der Waals surface area contributed by atoms with Crippen LogP contribution in [0.5, 0.6) is 5.75 Å². The Balaban J connectivity index is 2.68. The summed E-state index contributed by atoms with van der Waals surface area (Å²) < 4.78 is 27.9. The summed E-state index contributed by atoms with van der Waals surface area (Å²) in [6, 6.07) is 6.80. The maximum atomic E-state index is 11.8. The number of hydrogen-bond donors (Lipinski definition) is 0. The predicted molar refractivity (Wildman–Crippen MR) is 51.8 cm³/mol. The van der Waals surface area contributed by atoms with Crippen LogP contribution in [0, 0.1) is 0 Å². The normalized spacial score (nSPS) is 12.9. The van der Waals surface area contributed by atoms with Gasteiger partial charge in [-0.2, -0.15) is 8.78 Å². The van der Waals surface area contributed by atoms with Gasteiger partial charge in [-0.15, -0.1) is 0 Å². The highest BCUT2D eigenvalue weighted by Gasteiger charge is 2.05. The van der Waals surface area contributed by atoms with Gasteiger partial charge in [0.05, 0.1) is 0 Å². The second-order valence-corrected chi connectivity index (χ2v) is 3.26. The van der Waals surface area contributed by atoms with Crippen LogP contribution in [0.1, 0.15) is 31.7 Å². The second kappa shape index (κ2) is 4.94. The predicted octanol–water partition coefficient (Wildman–Crippen LogP) is 3.80. The molecular weight excluding hydrogens is 186 g/mol. The van der Waals surface area contributed by atoms with Gasteiger partial charge in [0, 0.05) is 0 Å². The molecule has 0 fully saturated rings. The molecule has 0 amide bonds. The van der Waals surface area contributed by atoms with Gasteiger partial charge in [-0.3, -0.25) is 0 Å². The van der Waals surface area contributed by atoms with Crippen molar-refractivity contribution in [1.82, 2.24) is 0 Å². The Hall–Kier alpha value is -1.12. The smallest absolute Gasteiger partial charge is 0.387 e. The molecule has 0 spiro atoms. The van der Waals surface area contributed by atoms with Crippen molar-refractivity contribution >= 4 is 0 Å². The van der Waals surface area contributed by atoms with E-state index >= 15 is 0 Å². The van der Waals surface area contributed by atoms with Crippen molar-refractivity contribution in [3.05, 3.63) is 29.8 Å². The van der Waals surface area contributed by atoms with Gasteiger partial charge in [-0.1, -0.05) is 26.0 Å². The summed E-state index contributed by atoms with van der Waals surface area (Å²) in [4.78, 5) is 0. The van der Waals surface area contributed by atoms with Crippen LogP contribution < -0.4 is 4.74 Å². The van der Waals surface area contributed by atoms with Gasteiger partial charge in [0.1, 0.15) is 5.75 Å². The Kier molecular flexibility index (Phi) is 3.86. The molecule has 0 heterocycles. The molecule has 0 aliphatic heterocycles. The van der Waals surface area contributed by atoms with E-state index in [0.29, 0.717) is 5.92 Å². The van der Waals surface area contributed by atoms with E-state index in [2.05, 4.69) is 18.6 Å². The van der Waals surface area contributed by atoms with Gasteiger partial charge in [-0.05, 0) is 30.0 Å². The monoisotopic (exact) mass is 200 g/mol. The summed E-state index contributed by atoms with van der Waals surface area (Å²) in [5.41, 5.74) is 1.15. The van der Waals surface area contributed by atoms with Crippen molar-refractivity contribution in [3.63, 3.8) is 0 Å². The van der Waals surface area contributed by atoms with E-state index in [1.807, 2.05) is 12.1 Å². The minimum atomic E-state index is -2.75. The van der Waals surface area contributed by atoms with Crippen LogP contribution in [0.2, 0.25) is 0 Å². The zero-order valence-corrected chi connectivity index (χ0v) is 8.34. The molecule has 1 atom stereocenters. The standard InChI is InChI=1S/C11H14F2O/c1-3-8(2)9-4-6-10(7-5-9)14-11(12)13/h4-8,11H,3H2,1-2H3. The molecule has 0 aromatic heterocycles. The average molecular weight is 200 g/mol. The van der Waals surface area contributed by atoms with E-state index in [1.54, 1.807) is 12.1 Å². The van der Waals surface area contributed by atoms with Crippen molar-refractivity contribution in [2.45, 2.75) is 32.8 Å². The third kappa shape index (κ3) is 2.98. The Bertz CT molecular complexity index is 269. The zero-order chi connectivity index (χ0) is 10.6.